The van der Waals surface area contributed by atoms with Crippen LogP contribution >= 0.6 is 0 Å². The molecule has 0 bridgehead atoms. The summed E-state index contributed by atoms with van der Waals surface area (Å²) < 4.78 is 38.5. The second-order valence-corrected chi connectivity index (χ2v) is 5.06. The molecule has 0 fully saturated rings. The Kier molecular flexibility index (Phi) is 3.37. The molecule has 0 unspecified atom stereocenters. The first kappa shape index (κ1) is 13.7. The molecule has 0 aliphatic carbocycles. The first-order chi connectivity index (χ1) is 7.53. The summed E-state index contributed by atoms with van der Waals surface area (Å²) in [6.07, 6.45) is -4.50. The van der Waals surface area contributed by atoms with Crippen molar-refractivity contribution >= 4 is 5.78 Å². The quantitative estimate of drug-likeness (QED) is 0.676. The Hall–Kier alpha value is -1.32. The molecule has 0 heterocycles. The van der Waals surface area contributed by atoms with Crippen LogP contribution in [0.4, 0.5) is 13.2 Å². The van der Waals surface area contributed by atoms with E-state index in [9.17, 15) is 18.0 Å². The first-order valence-corrected chi connectivity index (χ1v) is 5.26. The molecule has 0 aromatic heterocycles. The minimum absolute atomic E-state index is 0.273. The second-order valence-electron chi connectivity index (χ2n) is 5.06. The van der Waals surface area contributed by atoms with Crippen LogP contribution < -0.4 is 0 Å². The van der Waals surface area contributed by atoms with Crippen molar-refractivity contribution in [2.24, 2.45) is 0 Å². The number of alkyl halides is 3. The van der Waals surface area contributed by atoms with Gasteiger partial charge in [0.05, 0.1) is 5.56 Å². The number of halogens is 3. The van der Waals surface area contributed by atoms with Crippen LogP contribution in [-0.4, -0.2) is 5.78 Å². The standard InChI is InChI=1S/C13H15F3O/c1-8(17)10-6-5-9(12(2,3)4)7-11(10)13(14,15)16/h5-7H,1-4H3. The van der Waals surface area contributed by atoms with E-state index in [1.807, 2.05) is 20.8 Å². The van der Waals surface area contributed by atoms with Gasteiger partial charge in [-0.3, -0.25) is 4.79 Å². The summed E-state index contributed by atoms with van der Waals surface area (Å²) in [5.74, 6) is -0.571. The average Bonchev–Trinajstić information content (AvgIpc) is 2.14. The number of ketones is 1. The van der Waals surface area contributed by atoms with E-state index in [2.05, 4.69) is 0 Å². The molecule has 0 atom stereocenters. The Bertz CT molecular complexity index is 439. The fourth-order valence-electron chi connectivity index (χ4n) is 1.55. The normalized spacial score (nSPS) is 12.6. The molecule has 0 saturated carbocycles. The van der Waals surface area contributed by atoms with E-state index in [1.54, 1.807) is 6.07 Å². The smallest absolute Gasteiger partial charge is 0.294 e. The van der Waals surface area contributed by atoms with Gasteiger partial charge in [0, 0.05) is 5.56 Å². The van der Waals surface area contributed by atoms with Crippen molar-refractivity contribution in [2.75, 3.05) is 0 Å². The SMILES string of the molecule is CC(=O)c1ccc(C(C)(C)C)cc1C(F)(F)F. The number of carbonyl (C=O) groups is 1. The molecule has 1 rings (SSSR count). The highest BCUT2D eigenvalue weighted by Crippen LogP contribution is 2.35. The lowest BCUT2D eigenvalue weighted by molar-refractivity contribution is -0.138. The van der Waals surface area contributed by atoms with Crippen molar-refractivity contribution < 1.29 is 18.0 Å². The van der Waals surface area contributed by atoms with Crippen molar-refractivity contribution in [3.05, 3.63) is 34.9 Å². The molecule has 0 radical (unpaired) electrons. The zero-order valence-corrected chi connectivity index (χ0v) is 10.3. The number of rotatable bonds is 1. The maximum absolute atomic E-state index is 12.8. The highest BCUT2D eigenvalue weighted by Gasteiger charge is 2.35. The maximum Gasteiger partial charge on any atom is 0.417 e. The van der Waals surface area contributed by atoms with Gasteiger partial charge in [-0.25, -0.2) is 0 Å². The first-order valence-electron chi connectivity index (χ1n) is 5.26. The Balaban J connectivity index is 3.46. The number of Topliss-reactive ketones (excluding diaryl/α,β-unsaturated/α-hetero) is 1. The third-order valence-corrected chi connectivity index (χ3v) is 2.57. The lowest BCUT2D eigenvalue weighted by atomic mass is 9.84. The molecule has 0 saturated heterocycles. The fraction of sp³-hybridized carbons (Fsp3) is 0.462. The number of carbonyl (C=O) groups excluding carboxylic acids is 1. The van der Waals surface area contributed by atoms with Crippen molar-refractivity contribution in [2.45, 2.75) is 39.3 Å². The number of hydrogen-bond acceptors (Lipinski definition) is 1. The largest absolute Gasteiger partial charge is 0.417 e. The Morgan fingerprint density at radius 3 is 2.00 bits per heavy atom. The van der Waals surface area contributed by atoms with Gasteiger partial charge < -0.3 is 0 Å². The predicted molar refractivity (Wildman–Crippen MR) is 60.1 cm³/mol. The molecule has 1 nitrogen and oxygen atoms in total. The van der Waals surface area contributed by atoms with Gasteiger partial charge in [0.2, 0.25) is 0 Å². The summed E-state index contributed by atoms with van der Waals surface area (Å²) >= 11 is 0. The van der Waals surface area contributed by atoms with Crippen LogP contribution in [-0.2, 0) is 11.6 Å². The predicted octanol–water partition coefficient (Wildman–Crippen LogP) is 4.21. The van der Waals surface area contributed by atoms with Crippen molar-refractivity contribution in [1.82, 2.24) is 0 Å². The molecule has 0 aliphatic heterocycles. The van der Waals surface area contributed by atoms with Crippen molar-refractivity contribution in [1.29, 1.82) is 0 Å². The molecular weight excluding hydrogens is 229 g/mol. The van der Waals surface area contributed by atoms with Gasteiger partial charge in [0.15, 0.2) is 5.78 Å². The van der Waals surface area contributed by atoms with Crippen molar-refractivity contribution in [3.8, 4) is 0 Å². The van der Waals surface area contributed by atoms with E-state index < -0.39 is 17.5 Å². The average molecular weight is 244 g/mol. The van der Waals surface area contributed by atoms with Gasteiger partial charge in [-0.2, -0.15) is 13.2 Å². The molecule has 1 aromatic carbocycles. The van der Waals surface area contributed by atoms with Gasteiger partial charge in [0.1, 0.15) is 0 Å². The van der Waals surface area contributed by atoms with Crippen molar-refractivity contribution in [3.63, 3.8) is 0 Å². The van der Waals surface area contributed by atoms with Crippen LogP contribution in [0.1, 0.15) is 49.2 Å². The summed E-state index contributed by atoms with van der Waals surface area (Å²) in [5.41, 5.74) is -0.937. The third kappa shape index (κ3) is 3.08. The zero-order chi connectivity index (χ0) is 13.4. The Morgan fingerprint density at radius 2 is 1.65 bits per heavy atom. The van der Waals surface area contributed by atoms with E-state index in [4.69, 9.17) is 0 Å². The zero-order valence-electron chi connectivity index (χ0n) is 10.3. The van der Waals surface area contributed by atoms with Crippen LogP contribution in [0.5, 0.6) is 0 Å². The highest BCUT2D eigenvalue weighted by atomic mass is 19.4. The number of hydrogen-bond donors (Lipinski definition) is 0. The molecule has 94 valence electrons. The van der Waals surface area contributed by atoms with Crippen LogP contribution in [0.25, 0.3) is 0 Å². The monoisotopic (exact) mass is 244 g/mol. The van der Waals surface area contributed by atoms with Crippen LogP contribution in [0.2, 0.25) is 0 Å². The molecule has 1 aromatic rings. The molecular formula is C13H15F3O. The van der Waals surface area contributed by atoms with Crippen LogP contribution in [0, 0.1) is 0 Å². The summed E-state index contributed by atoms with van der Waals surface area (Å²) in [6, 6.07) is 3.90. The summed E-state index contributed by atoms with van der Waals surface area (Å²) in [6.45, 7) is 6.63. The third-order valence-electron chi connectivity index (χ3n) is 2.57. The molecule has 17 heavy (non-hydrogen) atoms. The van der Waals surface area contributed by atoms with E-state index in [0.29, 0.717) is 5.56 Å². The topological polar surface area (TPSA) is 17.1 Å². The lowest BCUT2D eigenvalue weighted by Crippen LogP contribution is -2.17. The Morgan fingerprint density at radius 1 is 1.12 bits per heavy atom. The van der Waals surface area contributed by atoms with Gasteiger partial charge >= 0.3 is 6.18 Å². The van der Waals surface area contributed by atoms with Gasteiger partial charge in [-0.15, -0.1) is 0 Å². The van der Waals surface area contributed by atoms with Gasteiger partial charge in [0.25, 0.3) is 0 Å². The minimum atomic E-state index is -4.50. The number of benzene rings is 1. The fourth-order valence-corrected chi connectivity index (χ4v) is 1.55. The molecule has 0 spiro atoms. The summed E-state index contributed by atoms with van der Waals surface area (Å²) in [7, 11) is 0. The molecule has 0 amide bonds. The summed E-state index contributed by atoms with van der Waals surface area (Å²) in [5, 5.41) is 0. The van der Waals surface area contributed by atoms with E-state index in [-0.39, 0.29) is 11.0 Å². The molecule has 0 N–H and O–H groups in total. The molecule has 4 heteroatoms. The van der Waals surface area contributed by atoms with E-state index in [1.165, 1.54) is 6.07 Å². The molecule has 0 aliphatic rings. The van der Waals surface area contributed by atoms with Gasteiger partial charge in [-0.1, -0.05) is 32.9 Å². The summed E-state index contributed by atoms with van der Waals surface area (Å²) in [4.78, 5) is 11.2. The second kappa shape index (κ2) is 4.17. The van der Waals surface area contributed by atoms with Gasteiger partial charge in [-0.05, 0) is 24.0 Å². The van der Waals surface area contributed by atoms with Crippen LogP contribution in [0.3, 0.4) is 0 Å². The Labute approximate surface area is 98.6 Å². The highest BCUT2D eigenvalue weighted by molar-refractivity contribution is 5.95. The lowest BCUT2D eigenvalue weighted by Gasteiger charge is -2.21. The van der Waals surface area contributed by atoms with E-state index >= 15 is 0 Å². The van der Waals surface area contributed by atoms with E-state index in [0.717, 1.165) is 13.0 Å². The van der Waals surface area contributed by atoms with Crippen LogP contribution in [0.15, 0.2) is 18.2 Å². The minimum Gasteiger partial charge on any atom is -0.294 e. The maximum atomic E-state index is 12.8.